The lowest BCUT2D eigenvalue weighted by Gasteiger charge is -2.45. The number of rotatable bonds is 7. The molecule has 0 unspecified atom stereocenters. The van der Waals surface area contributed by atoms with Gasteiger partial charge in [0, 0.05) is 34.1 Å². The quantitative estimate of drug-likeness (QED) is 0.116. The number of hydrogen-bond acceptors (Lipinski definition) is 2. The zero-order valence-corrected chi connectivity index (χ0v) is 62.4. The molecular weight excluding hydrogens is 1240 g/mol. The molecule has 0 saturated carbocycles. The normalized spacial score (nSPS) is 13.5. The second kappa shape index (κ2) is 22.9. The highest BCUT2D eigenvalue weighted by molar-refractivity contribution is 7.00. The Balaban J connectivity index is 0.950. The molecule has 3 heteroatoms. The number of anilines is 6. The number of fused-ring (bicyclic) bond motifs is 4. The first-order chi connectivity index (χ1) is 49.2. The van der Waals surface area contributed by atoms with E-state index in [9.17, 15) is 0 Å². The largest absolute Gasteiger partial charge is 0.311 e. The van der Waals surface area contributed by atoms with E-state index in [2.05, 4.69) is 381 Å². The molecule has 103 heavy (non-hydrogen) atoms. The predicted octanol–water partition coefficient (Wildman–Crippen LogP) is 26.4. The molecule has 0 bridgehead atoms. The maximum atomic E-state index is 2.63. The van der Waals surface area contributed by atoms with Crippen LogP contribution < -0.4 is 26.2 Å². The van der Waals surface area contributed by atoms with Crippen molar-refractivity contribution in [3.63, 3.8) is 0 Å². The fourth-order valence-corrected chi connectivity index (χ4v) is 17.1. The fraction of sp³-hybridized carbons (Fsp3) is 0.200. The smallest absolute Gasteiger partial charge is 0.252 e. The molecule has 0 amide bonds. The highest BCUT2D eigenvalue weighted by Crippen LogP contribution is 2.52. The molecule has 0 radical (unpaired) electrons. The van der Waals surface area contributed by atoms with Gasteiger partial charge in [-0.05, 0) is 264 Å². The molecule has 0 N–H and O–H groups in total. The van der Waals surface area contributed by atoms with Crippen molar-refractivity contribution in [2.24, 2.45) is 0 Å². The Bertz CT molecular complexity index is 5740. The van der Waals surface area contributed by atoms with Gasteiger partial charge in [-0.25, -0.2) is 0 Å². The summed E-state index contributed by atoms with van der Waals surface area (Å²) in [4.78, 5) is 5.26. The summed E-state index contributed by atoms with van der Waals surface area (Å²) in [6.07, 6.45) is 0. The Morgan fingerprint density at radius 1 is 0.223 bits per heavy atom. The molecule has 0 aliphatic carbocycles. The van der Waals surface area contributed by atoms with Crippen LogP contribution in [-0.2, 0) is 27.1 Å². The molecule has 2 aliphatic heterocycles. The van der Waals surface area contributed by atoms with Gasteiger partial charge in [0.2, 0.25) is 0 Å². The van der Waals surface area contributed by atoms with Crippen LogP contribution in [0.2, 0.25) is 0 Å². The highest BCUT2D eigenvalue weighted by atomic mass is 15.2. The average Bonchev–Trinajstić information content (AvgIpc) is 0.694. The van der Waals surface area contributed by atoms with Crippen LogP contribution in [0, 0.1) is 0 Å². The molecule has 2 heterocycles. The fourth-order valence-electron chi connectivity index (χ4n) is 17.1. The Labute approximate surface area is 609 Å². The lowest BCUT2D eigenvalue weighted by Crippen LogP contribution is -2.61. The van der Waals surface area contributed by atoms with Crippen LogP contribution in [0.1, 0.15) is 132 Å². The number of benzene rings is 16. The highest BCUT2D eigenvalue weighted by Gasteiger charge is 2.44. The molecule has 0 atom stereocenters. The van der Waals surface area contributed by atoms with Gasteiger partial charge in [-0.15, -0.1) is 0 Å². The van der Waals surface area contributed by atoms with Crippen molar-refractivity contribution in [1.82, 2.24) is 0 Å². The van der Waals surface area contributed by atoms with Crippen LogP contribution in [0.5, 0.6) is 0 Å². The van der Waals surface area contributed by atoms with Crippen LogP contribution in [0.3, 0.4) is 0 Å². The van der Waals surface area contributed by atoms with E-state index in [1.54, 1.807) is 0 Å². The van der Waals surface area contributed by atoms with E-state index in [1.165, 1.54) is 182 Å². The van der Waals surface area contributed by atoms with Gasteiger partial charge >= 0.3 is 0 Å². The van der Waals surface area contributed by atoms with Crippen molar-refractivity contribution in [2.45, 2.75) is 131 Å². The summed E-state index contributed by atoms with van der Waals surface area (Å²) in [7, 11) is 0. The molecule has 502 valence electrons. The third-order valence-electron chi connectivity index (χ3n) is 23.0. The van der Waals surface area contributed by atoms with E-state index in [1.807, 2.05) is 0 Å². The summed E-state index contributed by atoms with van der Waals surface area (Å²) in [5.41, 5.74) is 29.1. The minimum Gasteiger partial charge on any atom is -0.311 e. The maximum Gasteiger partial charge on any atom is 0.252 e. The molecule has 0 saturated heterocycles. The van der Waals surface area contributed by atoms with Gasteiger partial charge in [0.1, 0.15) is 0 Å². The topological polar surface area (TPSA) is 6.48 Å². The molecule has 0 aromatic heterocycles. The maximum absolute atomic E-state index is 2.63. The Morgan fingerprint density at radius 2 is 0.524 bits per heavy atom. The van der Waals surface area contributed by atoms with E-state index in [0.717, 1.165) is 16.9 Å². The lowest BCUT2D eigenvalue weighted by atomic mass is 9.33. The first-order valence-electron chi connectivity index (χ1n) is 37.2. The van der Waals surface area contributed by atoms with Gasteiger partial charge in [0.25, 0.3) is 6.71 Å². The molecule has 16 aromatic rings. The Kier molecular flexibility index (Phi) is 14.3. The van der Waals surface area contributed by atoms with Gasteiger partial charge in [-0.3, -0.25) is 0 Å². The first kappa shape index (κ1) is 64.4. The summed E-state index contributed by atoms with van der Waals surface area (Å²) >= 11 is 0. The van der Waals surface area contributed by atoms with E-state index >= 15 is 0 Å². The van der Waals surface area contributed by atoms with Crippen molar-refractivity contribution >= 4 is 122 Å². The zero-order valence-electron chi connectivity index (χ0n) is 62.4. The summed E-state index contributed by atoms with van der Waals surface area (Å²) in [6, 6.07) is 104. The van der Waals surface area contributed by atoms with Gasteiger partial charge in [-0.2, -0.15) is 0 Å². The average molecular weight is 1330 g/mol. The predicted molar refractivity (Wildman–Crippen MR) is 449 cm³/mol. The minimum atomic E-state index is -0.157. The number of nitrogens with zero attached hydrogens (tertiary/aromatic N) is 2. The third kappa shape index (κ3) is 10.7. The van der Waals surface area contributed by atoms with Gasteiger partial charge in [0.15, 0.2) is 0 Å². The summed E-state index contributed by atoms with van der Waals surface area (Å²) in [6.45, 7) is 35.0. The van der Waals surface area contributed by atoms with Crippen molar-refractivity contribution < 1.29 is 0 Å². The Hall–Kier alpha value is -10.7. The molecular formula is C100H89BN2. The van der Waals surface area contributed by atoms with Crippen molar-refractivity contribution in [1.29, 1.82) is 0 Å². The molecule has 16 aromatic carbocycles. The summed E-state index contributed by atoms with van der Waals surface area (Å²) < 4.78 is 0. The zero-order chi connectivity index (χ0) is 71.1. The second-order valence-electron chi connectivity index (χ2n) is 35.1. The number of hydrogen-bond donors (Lipinski definition) is 0. The first-order valence-corrected chi connectivity index (χ1v) is 37.2. The van der Waals surface area contributed by atoms with E-state index in [-0.39, 0.29) is 33.8 Å². The van der Waals surface area contributed by atoms with Crippen LogP contribution in [0.25, 0.3) is 120 Å². The van der Waals surface area contributed by atoms with Gasteiger partial charge in [-0.1, -0.05) is 298 Å². The second-order valence-corrected chi connectivity index (χ2v) is 35.1. The lowest BCUT2D eigenvalue weighted by molar-refractivity contribution is 0.590. The van der Waals surface area contributed by atoms with E-state index in [4.69, 9.17) is 0 Å². The standard InChI is InChI=1S/C100H89BN2/c1-96(2,3)74-38-30-64(31-39-74)71-56-89-95-90(57-71)103(80-42-34-63(35-43-80)61-24-20-17-21-25-61)88-55-66(82-53-73-51-76(98(7,8)9)47-68-27-29-70-49-78(100(13,14)15)59-84(82)94(70)92(68)73)37-45-86(88)101(95)85-44-36-65(54-87(85)102(89)79-40-32-62(33-41-79)60-22-18-16-19-23-60)81-52-72-50-75(97(4,5)6)46-67-26-28-69-48-77(99(10,11)12)58-83(81)93(69)91(67)72/h16-59H,1-15H3. The van der Waals surface area contributed by atoms with Crippen LogP contribution in [0.15, 0.2) is 267 Å². The van der Waals surface area contributed by atoms with Crippen LogP contribution >= 0.6 is 0 Å². The molecule has 0 spiro atoms. The molecule has 2 aliphatic rings. The van der Waals surface area contributed by atoms with Crippen molar-refractivity contribution in [3.8, 4) is 55.6 Å². The Morgan fingerprint density at radius 3 is 0.893 bits per heavy atom. The SMILES string of the molecule is CC(C)(C)c1ccc(-c2cc3c4c(c2)N(c2ccc(-c5ccccc5)cc2)c2cc(-c5cc6cc(C(C)(C)C)cc7ccc8cc(C(C)(C)C)cc5c8c76)ccc2B4c2ccc(-c4cc5cc(C(C)(C)C)cc6ccc7cc(C(C)(C)C)cc4c7c65)cc2N3c2ccc(-c3ccccc3)cc2)cc1. The van der Waals surface area contributed by atoms with Crippen LogP contribution in [0.4, 0.5) is 34.1 Å². The molecule has 2 nitrogen and oxygen atoms in total. The van der Waals surface area contributed by atoms with Gasteiger partial charge < -0.3 is 9.80 Å². The van der Waals surface area contributed by atoms with E-state index < -0.39 is 0 Å². The van der Waals surface area contributed by atoms with Crippen LogP contribution in [-0.4, -0.2) is 6.71 Å². The minimum absolute atomic E-state index is 0.0178. The summed E-state index contributed by atoms with van der Waals surface area (Å²) in [5.74, 6) is 0. The van der Waals surface area contributed by atoms with E-state index in [0.29, 0.717) is 0 Å². The van der Waals surface area contributed by atoms with Crippen molar-refractivity contribution in [3.05, 3.63) is 295 Å². The molecule has 18 rings (SSSR count). The molecule has 0 fully saturated rings. The third-order valence-corrected chi connectivity index (χ3v) is 23.0. The van der Waals surface area contributed by atoms with Crippen molar-refractivity contribution in [2.75, 3.05) is 9.80 Å². The monoisotopic (exact) mass is 1330 g/mol. The summed E-state index contributed by atoms with van der Waals surface area (Å²) in [5, 5.41) is 15.7. The van der Waals surface area contributed by atoms with Gasteiger partial charge in [0.05, 0.1) is 0 Å².